The Morgan fingerprint density at radius 3 is 1.76 bits per heavy atom. The second-order valence-corrected chi connectivity index (χ2v) is 10.1. The third kappa shape index (κ3) is 9.66. The lowest BCUT2D eigenvalue weighted by Crippen LogP contribution is -2.34. The molecule has 0 bridgehead atoms. The fourth-order valence-corrected chi connectivity index (χ4v) is 4.90. The second-order valence-electron chi connectivity index (χ2n) is 9.17. The molecule has 0 radical (unpaired) electrons. The summed E-state index contributed by atoms with van der Waals surface area (Å²) in [6.45, 7) is 3.85. The molecule has 15 heteroatoms. The van der Waals surface area contributed by atoms with Crippen molar-refractivity contribution in [2.24, 2.45) is 0 Å². The Hall–Kier alpha value is -3.27. The number of anilines is 5. The van der Waals surface area contributed by atoms with Gasteiger partial charge in [0.15, 0.2) is 0 Å². The molecule has 13 nitrogen and oxygen atoms in total. The molecule has 2 saturated heterocycles. The van der Waals surface area contributed by atoms with Gasteiger partial charge >= 0.3 is 0 Å². The summed E-state index contributed by atoms with van der Waals surface area (Å²) in [7, 11) is 0. The minimum Gasteiger partial charge on any atom is -0.507 e. The number of amides is 1. The zero-order chi connectivity index (χ0) is 24.9. The van der Waals surface area contributed by atoms with Gasteiger partial charge in [0.1, 0.15) is 5.75 Å². The van der Waals surface area contributed by atoms with Crippen LogP contribution >= 0.6 is 28.3 Å². The molecule has 2 aromatic carbocycles. The number of halogens is 2. The molecule has 0 spiro atoms. The third-order valence-electron chi connectivity index (χ3n) is 6.49. The van der Waals surface area contributed by atoms with Crippen LogP contribution in [0.25, 0.3) is 0 Å². The number of piperidine rings is 2. The molecular formula is C26H51BrClN11O2. The number of aromatic hydroxyl groups is 1. The van der Waals surface area contributed by atoms with Crippen LogP contribution in [0.1, 0.15) is 54.6 Å². The van der Waals surface area contributed by atoms with Crippen LogP contribution < -0.4 is 45.0 Å². The predicted molar refractivity (Wildman–Crippen MR) is 181 cm³/mol. The van der Waals surface area contributed by atoms with E-state index >= 15 is 0 Å². The summed E-state index contributed by atoms with van der Waals surface area (Å²) in [6.07, 6.45) is 7.10. The van der Waals surface area contributed by atoms with Crippen molar-refractivity contribution in [3.63, 3.8) is 0 Å². The zero-order valence-corrected chi connectivity index (χ0v) is 25.7. The van der Waals surface area contributed by atoms with Crippen LogP contribution in [0.3, 0.4) is 0 Å². The minimum absolute atomic E-state index is 0. The Morgan fingerprint density at radius 2 is 1.24 bits per heavy atom. The first-order chi connectivity index (χ1) is 17.5. The number of carbonyl (C=O) groups excluding carboxylic acids is 1. The highest BCUT2D eigenvalue weighted by Crippen LogP contribution is 2.26. The fraction of sp³-hybridized carbons (Fsp3) is 0.385. The van der Waals surface area contributed by atoms with Crippen molar-refractivity contribution in [3.05, 3.63) is 52.5 Å². The van der Waals surface area contributed by atoms with E-state index in [1.807, 2.05) is 12.1 Å². The predicted octanol–water partition coefficient (Wildman–Crippen LogP) is 7.37. The van der Waals surface area contributed by atoms with Crippen molar-refractivity contribution in [1.29, 1.82) is 0 Å². The van der Waals surface area contributed by atoms with Gasteiger partial charge in [0.05, 0.1) is 5.56 Å². The minimum atomic E-state index is -0.385. The molecular weight excluding hydrogens is 614 g/mol. The van der Waals surface area contributed by atoms with Crippen LogP contribution in [0.5, 0.6) is 5.75 Å². The quantitative estimate of drug-likeness (QED) is 0.136. The highest BCUT2D eigenvalue weighted by atomic mass is 79.9. The van der Waals surface area contributed by atoms with Gasteiger partial charge in [0.2, 0.25) is 17.8 Å². The number of rotatable bonds is 6. The molecule has 0 aliphatic carbocycles. The topological polar surface area (TPSA) is 247 Å². The molecule has 41 heavy (non-hydrogen) atoms. The average Bonchev–Trinajstić information content (AvgIpc) is 2.92. The first kappa shape index (κ1) is 37.7. The maximum atomic E-state index is 12.6. The van der Waals surface area contributed by atoms with Gasteiger partial charge in [-0.15, -0.1) is 12.4 Å². The van der Waals surface area contributed by atoms with Crippen LogP contribution in [0.2, 0.25) is 0 Å². The van der Waals surface area contributed by atoms with Crippen LogP contribution in [0, 0.1) is 0 Å². The summed E-state index contributed by atoms with van der Waals surface area (Å²) < 4.78 is 0.718. The molecule has 1 amide bonds. The van der Waals surface area contributed by atoms with Gasteiger partial charge in [0.25, 0.3) is 5.91 Å². The van der Waals surface area contributed by atoms with Gasteiger partial charge in [0, 0.05) is 47.7 Å². The number of phenols is 1. The summed E-state index contributed by atoms with van der Waals surface area (Å²) in [5.74, 6) is 1.51. The Bertz CT molecular complexity index is 1210. The lowest BCUT2D eigenvalue weighted by atomic mass is 10.1. The number of benzene rings is 2. The summed E-state index contributed by atoms with van der Waals surface area (Å²) in [5, 5.41) is 16.1. The number of carbonyl (C=O) groups is 1. The smallest absolute Gasteiger partial charge is 0.259 e. The average molecular weight is 665 g/mol. The molecule has 3 aromatic rings. The summed E-state index contributed by atoms with van der Waals surface area (Å²) in [6, 6.07) is 12.1. The van der Waals surface area contributed by atoms with E-state index in [1.54, 1.807) is 24.3 Å². The number of nitrogens with zero attached hydrogens (tertiary/aromatic N) is 5. The highest BCUT2D eigenvalue weighted by molar-refractivity contribution is 9.10. The monoisotopic (exact) mass is 663 g/mol. The van der Waals surface area contributed by atoms with Crippen molar-refractivity contribution in [2.45, 2.75) is 38.5 Å². The van der Waals surface area contributed by atoms with Crippen molar-refractivity contribution in [2.75, 3.05) is 46.6 Å². The Balaban J connectivity index is -0.000000593. The van der Waals surface area contributed by atoms with Crippen molar-refractivity contribution in [1.82, 2.24) is 39.6 Å². The van der Waals surface area contributed by atoms with Gasteiger partial charge in [-0.05, 0) is 81.0 Å². The Morgan fingerprint density at radius 1 is 0.756 bits per heavy atom. The van der Waals surface area contributed by atoms with E-state index in [4.69, 9.17) is 15.0 Å². The van der Waals surface area contributed by atoms with Gasteiger partial charge in [-0.1, -0.05) is 15.9 Å². The van der Waals surface area contributed by atoms with Crippen LogP contribution in [0.4, 0.5) is 29.2 Å². The fourth-order valence-electron chi connectivity index (χ4n) is 4.53. The van der Waals surface area contributed by atoms with E-state index in [0.717, 1.165) is 73.9 Å². The van der Waals surface area contributed by atoms with E-state index in [-0.39, 0.29) is 59.9 Å². The Kier molecular flexibility index (Phi) is 16.1. The molecule has 236 valence electrons. The van der Waals surface area contributed by atoms with Crippen molar-refractivity contribution >= 4 is 63.5 Å². The van der Waals surface area contributed by atoms with Crippen LogP contribution in [-0.4, -0.2) is 52.1 Å². The molecule has 2 aliphatic rings. The van der Waals surface area contributed by atoms with Gasteiger partial charge in [-0.2, -0.15) is 15.0 Å². The lowest BCUT2D eigenvalue weighted by Gasteiger charge is -2.30. The van der Waals surface area contributed by atoms with Crippen molar-refractivity contribution in [3.8, 4) is 5.75 Å². The molecule has 1 aromatic heterocycles. The van der Waals surface area contributed by atoms with Gasteiger partial charge in [-0.3, -0.25) is 4.79 Å². The summed E-state index contributed by atoms with van der Waals surface area (Å²) in [4.78, 5) is 31.4. The number of nitrogens with one attached hydrogen (secondary N) is 2. The molecule has 0 saturated carbocycles. The number of aromatic nitrogens is 3. The molecule has 2 fully saturated rings. The maximum absolute atomic E-state index is 12.6. The summed E-state index contributed by atoms with van der Waals surface area (Å²) >= 11 is 3.33. The maximum Gasteiger partial charge on any atom is 0.259 e. The second kappa shape index (κ2) is 17.5. The third-order valence-corrected chi connectivity index (χ3v) is 6.99. The zero-order valence-electron chi connectivity index (χ0n) is 23.3. The molecule has 3 heterocycles. The van der Waals surface area contributed by atoms with Crippen LogP contribution in [0.15, 0.2) is 46.9 Å². The van der Waals surface area contributed by atoms with Crippen LogP contribution in [-0.2, 0) is 0 Å². The number of phenolic OH excluding ortho intramolecular Hbond substituents is 1. The van der Waals surface area contributed by atoms with E-state index in [0.29, 0.717) is 11.6 Å². The lowest BCUT2D eigenvalue weighted by molar-refractivity contribution is 0.102. The summed E-state index contributed by atoms with van der Waals surface area (Å²) in [5.41, 5.74) is 1.62. The van der Waals surface area contributed by atoms with Gasteiger partial charge < -0.3 is 50.1 Å². The largest absolute Gasteiger partial charge is 0.507 e. The van der Waals surface area contributed by atoms with E-state index in [1.165, 1.54) is 18.9 Å². The normalized spacial score (nSPS) is 14.1. The molecule has 15 N–H and O–H groups in total. The first-order valence-corrected chi connectivity index (χ1v) is 13.3. The van der Waals surface area contributed by atoms with E-state index in [9.17, 15) is 9.90 Å². The molecule has 0 unspecified atom stereocenters. The standard InChI is InChI=1S/C26H30BrN7O2.ClH.4H3N.4H2/c27-18-7-12-22(35)21(17-18)23(36)28-19-8-10-20(11-9-19)29-24-30-25(33-13-3-1-4-14-33)32-26(31-24)34-15-5-2-6-16-34;;;;;;;;;/h7-12,17,35H,1-6,13-16H2,(H,28,36)(H,29,30,31,32);1H;4*1H3;4*1H. The molecule has 5 rings (SSSR count). The molecule has 2 aliphatic heterocycles. The number of hydrogen-bond acceptors (Lipinski definition) is 12. The van der Waals surface area contributed by atoms with E-state index < -0.39 is 0 Å². The SMILES string of the molecule is Cl.N.N.N.N.O=C(Nc1ccc(Nc2nc(N3CCCCC3)nc(N3CCCCC3)n2)cc1)c1cc(Br)ccc1O.[HH].[HH].[HH].[HH]. The molecule has 0 atom stereocenters. The highest BCUT2D eigenvalue weighted by Gasteiger charge is 2.20. The van der Waals surface area contributed by atoms with Crippen molar-refractivity contribution < 1.29 is 15.6 Å². The first-order valence-electron chi connectivity index (χ1n) is 12.5. The van der Waals surface area contributed by atoms with E-state index in [2.05, 4.69) is 36.4 Å². The van der Waals surface area contributed by atoms with Gasteiger partial charge in [-0.25, -0.2) is 0 Å². The number of hydrogen-bond donors (Lipinski definition) is 7. The Labute approximate surface area is 261 Å².